The zero-order valence-electron chi connectivity index (χ0n) is 15.1. The second kappa shape index (κ2) is 8.15. The monoisotopic (exact) mass is 414 g/mol. The minimum atomic E-state index is -1.09. The van der Waals surface area contributed by atoms with Crippen LogP contribution in [0.3, 0.4) is 0 Å². The number of anilines is 2. The number of hydrogen-bond donors (Lipinski definition) is 2. The van der Waals surface area contributed by atoms with E-state index < -0.39 is 23.8 Å². The standard InChI is InChI=1S/C20H15ClN2O6/c1-2-29-20(28)13-5-3-4-6-14(13)23-17(24)15(21)16(18(23)25)22-12-9-7-11(8-10-12)19(26)27/h3-10,22H,2H2,1H3,(H,26,27). The van der Waals surface area contributed by atoms with Gasteiger partial charge in [-0.05, 0) is 43.3 Å². The summed E-state index contributed by atoms with van der Waals surface area (Å²) in [4.78, 5) is 49.5. The minimum Gasteiger partial charge on any atom is -0.478 e. The van der Waals surface area contributed by atoms with E-state index in [1.54, 1.807) is 19.1 Å². The molecule has 8 nitrogen and oxygen atoms in total. The smallest absolute Gasteiger partial charge is 0.340 e. The van der Waals surface area contributed by atoms with Gasteiger partial charge in [-0.1, -0.05) is 23.7 Å². The summed E-state index contributed by atoms with van der Waals surface area (Å²) in [5.41, 5.74) is 0.349. The van der Waals surface area contributed by atoms with Gasteiger partial charge >= 0.3 is 11.9 Å². The largest absolute Gasteiger partial charge is 0.478 e. The van der Waals surface area contributed by atoms with Crippen LogP contribution in [0.2, 0.25) is 0 Å². The fraction of sp³-hybridized carbons (Fsp3) is 0.100. The van der Waals surface area contributed by atoms with Crippen molar-refractivity contribution >= 4 is 46.7 Å². The highest BCUT2D eigenvalue weighted by molar-refractivity contribution is 6.53. The number of amides is 2. The van der Waals surface area contributed by atoms with Gasteiger partial charge < -0.3 is 15.2 Å². The van der Waals surface area contributed by atoms with Gasteiger partial charge in [0.25, 0.3) is 11.8 Å². The van der Waals surface area contributed by atoms with Gasteiger partial charge in [0, 0.05) is 5.69 Å². The molecule has 0 atom stereocenters. The minimum absolute atomic E-state index is 0.0487. The van der Waals surface area contributed by atoms with Crippen molar-refractivity contribution in [3.05, 3.63) is 70.4 Å². The molecule has 0 fully saturated rings. The zero-order chi connectivity index (χ0) is 21.1. The molecule has 2 aromatic carbocycles. The number of esters is 1. The Hall–Kier alpha value is -3.65. The molecule has 9 heteroatoms. The number of imide groups is 1. The summed E-state index contributed by atoms with van der Waals surface area (Å²) in [6.45, 7) is 1.77. The van der Waals surface area contributed by atoms with Crippen LogP contribution in [0.1, 0.15) is 27.6 Å². The molecule has 1 aliphatic rings. The number of ether oxygens (including phenoxy) is 1. The summed E-state index contributed by atoms with van der Waals surface area (Å²) in [7, 11) is 0. The number of carbonyl (C=O) groups excluding carboxylic acids is 3. The summed E-state index contributed by atoms with van der Waals surface area (Å²) in [5, 5.41) is 11.3. The Labute approximate surface area is 170 Å². The fourth-order valence-electron chi connectivity index (χ4n) is 2.72. The molecule has 1 aliphatic heterocycles. The first-order valence-corrected chi connectivity index (χ1v) is 8.88. The Balaban J connectivity index is 1.91. The van der Waals surface area contributed by atoms with Gasteiger partial charge in [-0.25, -0.2) is 14.5 Å². The molecule has 3 rings (SSSR count). The first kappa shape index (κ1) is 20.1. The fourth-order valence-corrected chi connectivity index (χ4v) is 2.93. The number of carboxylic acids is 1. The first-order valence-electron chi connectivity index (χ1n) is 8.50. The lowest BCUT2D eigenvalue weighted by Gasteiger charge is -2.18. The van der Waals surface area contributed by atoms with Crippen LogP contribution in [0, 0.1) is 0 Å². The van der Waals surface area contributed by atoms with Gasteiger partial charge in [0.15, 0.2) is 0 Å². The normalized spacial score (nSPS) is 13.7. The number of nitrogens with one attached hydrogen (secondary N) is 1. The Morgan fingerprint density at radius 2 is 1.72 bits per heavy atom. The number of nitrogens with zero attached hydrogens (tertiary/aromatic N) is 1. The number of carbonyl (C=O) groups is 4. The number of halogens is 1. The van der Waals surface area contributed by atoms with E-state index in [1.807, 2.05) is 0 Å². The summed E-state index contributed by atoms with van der Waals surface area (Å²) in [6, 6.07) is 11.6. The van der Waals surface area contributed by atoms with E-state index in [0.29, 0.717) is 5.69 Å². The molecule has 0 saturated heterocycles. The van der Waals surface area contributed by atoms with Crippen molar-refractivity contribution in [1.82, 2.24) is 0 Å². The van der Waals surface area contributed by atoms with E-state index in [1.165, 1.54) is 36.4 Å². The molecule has 2 N–H and O–H groups in total. The third-order valence-corrected chi connectivity index (χ3v) is 4.42. The van der Waals surface area contributed by atoms with Crippen LogP contribution >= 0.6 is 11.6 Å². The van der Waals surface area contributed by atoms with E-state index in [0.717, 1.165) is 4.90 Å². The number of aromatic carboxylic acids is 1. The number of hydrogen-bond acceptors (Lipinski definition) is 6. The van der Waals surface area contributed by atoms with Crippen LogP contribution < -0.4 is 10.2 Å². The van der Waals surface area contributed by atoms with E-state index in [-0.39, 0.29) is 34.2 Å². The van der Waals surface area contributed by atoms with Crippen LogP contribution in [0.5, 0.6) is 0 Å². The Kier molecular flexibility index (Phi) is 5.65. The Bertz CT molecular complexity index is 1050. The average Bonchev–Trinajstić information content (AvgIpc) is 2.92. The molecular weight excluding hydrogens is 400 g/mol. The van der Waals surface area contributed by atoms with Crippen LogP contribution in [-0.2, 0) is 14.3 Å². The lowest BCUT2D eigenvalue weighted by Crippen LogP contribution is -2.33. The number of rotatable bonds is 6. The van der Waals surface area contributed by atoms with Gasteiger partial charge in [-0.3, -0.25) is 9.59 Å². The van der Waals surface area contributed by atoms with Crippen molar-refractivity contribution in [2.24, 2.45) is 0 Å². The van der Waals surface area contributed by atoms with Crippen LogP contribution in [0.25, 0.3) is 0 Å². The van der Waals surface area contributed by atoms with E-state index in [9.17, 15) is 19.2 Å². The molecule has 29 heavy (non-hydrogen) atoms. The molecule has 148 valence electrons. The zero-order valence-corrected chi connectivity index (χ0v) is 15.9. The molecule has 0 bridgehead atoms. The molecule has 0 radical (unpaired) electrons. The molecule has 0 spiro atoms. The third kappa shape index (κ3) is 3.83. The topological polar surface area (TPSA) is 113 Å². The molecule has 0 unspecified atom stereocenters. The lowest BCUT2D eigenvalue weighted by atomic mass is 10.1. The van der Waals surface area contributed by atoms with Crippen LogP contribution in [0.4, 0.5) is 11.4 Å². The molecule has 0 saturated carbocycles. The maximum atomic E-state index is 12.9. The number of benzene rings is 2. The first-order chi connectivity index (χ1) is 13.8. The van der Waals surface area contributed by atoms with Crippen molar-refractivity contribution in [3.8, 4) is 0 Å². The summed E-state index contributed by atoms with van der Waals surface area (Å²) >= 11 is 6.09. The van der Waals surface area contributed by atoms with Crippen molar-refractivity contribution in [1.29, 1.82) is 0 Å². The lowest BCUT2D eigenvalue weighted by molar-refractivity contribution is -0.120. The molecule has 2 amide bonds. The maximum absolute atomic E-state index is 12.9. The predicted molar refractivity (Wildman–Crippen MR) is 105 cm³/mol. The van der Waals surface area contributed by atoms with Gasteiger partial charge in [-0.15, -0.1) is 0 Å². The van der Waals surface area contributed by atoms with Gasteiger partial charge in [-0.2, -0.15) is 0 Å². The summed E-state index contributed by atoms with van der Waals surface area (Å²) in [5.74, 6) is -3.31. The molecule has 0 aliphatic carbocycles. The highest BCUT2D eigenvalue weighted by Crippen LogP contribution is 2.32. The van der Waals surface area contributed by atoms with Gasteiger partial charge in [0.1, 0.15) is 10.7 Å². The quantitative estimate of drug-likeness (QED) is 0.551. The van der Waals surface area contributed by atoms with E-state index in [4.69, 9.17) is 21.4 Å². The highest BCUT2D eigenvalue weighted by atomic mass is 35.5. The van der Waals surface area contributed by atoms with Crippen molar-refractivity contribution in [2.45, 2.75) is 6.92 Å². The summed E-state index contributed by atoms with van der Waals surface area (Å²) in [6.07, 6.45) is 0. The van der Waals surface area contributed by atoms with E-state index in [2.05, 4.69) is 5.32 Å². The van der Waals surface area contributed by atoms with Gasteiger partial charge in [0.2, 0.25) is 0 Å². The summed E-state index contributed by atoms with van der Waals surface area (Å²) < 4.78 is 4.98. The second-order valence-corrected chi connectivity index (χ2v) is 6.26. The van der Waals surface area contributed by atoms with Crippen LogP contribution in [0.15, 0.2) is 59.3 Å². The third-order valence-electron chi connectivity index (χ3n) is 4.07. The predicted octanol–water partition coefficient (Wildman–Crippen LogP) is 3.00. The number of para-hydroxylation sites is 1. The van der Waals surface area contributed by atoms with E-state index >= 15 is 0 Å². The average molecular weight is 415 g/mol. The molecule has 0 aromatic heterocycles. The SMILES string of the molecule is CCOC(=O)c1ccccc1N1C(=O)C(Cl)=C(Nc2ccc(C(=O)O)cc2)C1=O. The molecular formula is C20H15ClN2O6. The van der Waals surface area contributed by atoms with Crippen LogP contribution in [-0.4, -0.2) is 35.5 Å². The van der Waals surface area contributed by atoms with Crippen molar-refractivity contribution in [2.75, 3.05) is 16.8 Å². The van der Waals surface area contributed by atoms with Crippen molar-refractivity contribution in [3.63, 3.8) is 0 Å². The Morgan fingerprint density at radius 3 is 2.34 bits per heavy atom. The Morgan fingerprint density at radius 1 is 1.07 bits per heavy atom. The highest BCUT2D eigenvalue weighted by Gasteiger charge is 2.40. The van der Waals surface area contributed by atoms with Gasteiger partial charge in [0.05, 0.1) is 23.4 Å². The maximum Gasteiger partial charge on any atom is 0.340 e. The number of carboxylic acid groups (broad SMARTS) is 1. The van der Waals surface area contributed by atoms with Crippen molar-refractivity contribution < 1.29 is 29.0 Å². The molecule has 2 aromatic rings. The second-order valence-electron chi connectivity index (χ2n) is 5.88. The molecule has 1 heterocycles.